The van der Waals surface area contributed by atoms with Gasteiger partial charge in [-0.15, -0.1) is 0 Å². The van der Waals surface area contributed by atoms with Crippen molar-refractivity contribution in [1.29, 1.82) is 0 Å². The summed E-state index contributed by atoms with van der Waals surface area (Å²) in [4.78, 5) is 0. The van der Waals surface area contributed by atoms with Crippen molar-refractivity contribution in [3.05, 3.63) is 28.8 Å². The molecule has 3 heteroatoms. The van der Waals surface area contributed by atoms with Crippen molar-refractivity contribution in [2.75, 3.05) is 12.3 Å². The summed E-state index contributed by atoms with van der Waals surface area (Å²) < 4.78 is 5.70. The van der Waals surface area contributed by atoms with Gasteiger partial charge in [-0.1, -0.05) is 30.5 Å². The van der Waals surface area contributed by atoms with Crippen LogP contribution >= 0.6 is 11.6 Å². The topological polar surface area (TPSA) is 35.2 Å². The Balaban J connectivity index is 1.78. The van der Waals surface area contributed by atoms with Crippen molar-refractivity contribution in [2.45, 2.75) is 32.3 Å². The zero-order chi connectivity index (χ0) is 11.4. The summed E-state index contributed by atoms with van der Waals surface area (Å²) in [6.07, 6.45) is 5.37. The van der Waals surface area contributed by atoms with Gasteiger partial charge < -0.3 is 10.5 Å². The normalized spacial score (nSPS) is 16.8. The third kappa shape index (κ3) is 3.13. The minimum absolute atomic E-state index is 0.611. The van der Waals surface area contributed by atoms with Crippen molar-refractivity contribution in [3.63, 3.8) is 0 Å². The molecule has 2 N–H and O–H groups in total. The Kier molecular flexibility index (Phi) is 4.08. The number of rotatable bonds is 4. The van der Waals surface area contributed by atoms with Gasteiger partial charge in [-0.2, -0.15) is 0 Å². The fourth-order valence-corrected chi connectivity index (χ4v) is 2.32. The Morgan fingerprint density at radius 3 is 2.75 bits per heavy atom. The highest BCUT2D eigenvalue weighted by Gasteiger charge is 2.14. The molecule has 1 saturated carbocycles. The van der Waals surface area contributed by atoms with E-state index >= 15 is 0 Å². The van der Waals surface area contributed by atoms with Gasteiger partial charge in [0.05, 0.1) is 17.3 Å². The minimum atomic E-state index is 0.611. The maximum absolute atomic E-state index is 5.85. The average molecular weight is 240 g/mol. The monoisotopic (exact) mass is 239 g/mol. The zero-order valence-electron chi connectivity index (χ0n) is 9.42. The Bertz CT molecular complexity index is 348. The van der Waals surface area contributed by atoms with Crippen LogP contribution in [0.2, 0.25) is 5.02 Å². The molecule has 0 amide bonds. The lowest BCUT2D eigenvalue weighted by Crippen LogP contribution is -2.05. The van der Waals surface area contributed by atoms with Crippen molar-refractivity contribution >= 4 is 17.3 Å². The van der Waals surface area contributed by atoms with E-state index in [4.69, 9.17) is 22.1 Å². The molecule has 0 radical (unpaired) electrons. The number of ether oxygens (including phenoxy) is 1. The fraction of sp³-hybridized carbons (Fsp3) is 0.538. The second kappa shape index (κ2) is 5.55. The van der Waals surface area contributed by atoms with Gasteiger partial charge in [-0.05, 0) is 36.5 Å². The number of nitrogens with two attached hydrogens (primary N) is 1. The molecule has 0 spiro atoms. The van der Waals surface area contributed by atoms with Gasteiger partial charge >= 0.3 is 0 Å². The number of halogens is 1. The number of benzene rings is 1. The quantitative estimate of drug-likeness (QED) is 0.815. The molecule has 0 heterocycles. The van der Waals surface area contributed by atoms with E-state index in [1.165, 1.54) is 25.7 Å². The lowest BCUT2D eigenvalue weighted by molar-refractivity contribution is 0.0889. The summed E-state index contributed by atoms with van der Waals surface area (Å²) in [5, 5.41) is 0.611. The largest absolute Gasteiger partial charge is 0.398 e. The molecule has 0 saturated heterocycles. The molecule has 1 aromatic carbocycles. The number of nitrogen functional groups attached to an aromatic ring is 1. The lowest BCUT2D eigenvalue weighted by atomic mass is 10.1. The van der Waals surface area contributed by atoms with Crippen LogP contribution in [0.4, 0.5) is 5.69 Å². The van der Waals surface area contributed by atoms with Crippen LogP contribution in [-0.4, -0.2) is 6.61 Å². The molecule has 16 heavy (non-hydrogen) atoms. The molecule has 0 atom stereocenters. The molecule has 1 aromatic rings. The van der Waals surface area contributed by atoms with E-state index in [9.17, 15) is 0 Å². The highest BCUT2D eigenvalue weighted by Crippen LogP contribution is 2.25. The van der Waals surface area contributed by atoms with E-state index in [2.05, 4.69) is 0 Å². The van der Waals surface area contributed by atoms with Crippen molar-refractivity contribution in [3.8, 4) is 0 Å². The van der Waals surface area contributed by atoms with Gasteiger partial charge in [0.25, 0.3) is 0 Å². The molecule has 88 valence electrons. The fourth-order valence-electron chi connectivity index (χ4n) is 2.20. The number of anilines is 1. The first-order valence-electron chi connectivity index (χ1n) is 5.87. The first-order chi connectivity index (χ1) is 7.75. The Morgan fingerprint density at radius 2 is 2.06 bits per heavy atom. The maximum atomic E-state index is 5.85. The van der Waals surface area contributed by atoms with Gasteiger partial charge in [0, 0.05) is 6.61 Å². The predicted molar refractivity (Wildman–Crippen MR) is 67.5 cm³/mol. The zero-order valence-corrected chi connectivity index (χ0v) is 10.2. The molecule has 0 aliphatic heterocycles. The second-order valence-corrected chi connectivity index (χ2v) is 4.93. The van der Waals surface area contributed by atoms with Crippen LogP contribution in [0.15, 0.2) is 18.2 Å². The molecular formula is C13H18ClNO. The van der Waals surface area contributed by atoms with E-state index in [1.54, 1.807) is 0 Å². The lowest BCUT2D eigenvalue weighted by Gasteiger charge is -2.10. The van der Waals surface area contributed by atoms with E-state index in [0.29, 0.717) is 17.3 Å². The highest BCUT2D eigenvalue weighted by molar-refractivity contribution is 6.33. The first kappa shape index (κ1) is 11.7. The minimum Gasteiger partial charge on any atom is -0.398 e. The summed E-state index contributed by atoms with van der Waals surface area (Å²) in [5.41, 5.74) is 7.45. The third-order valence-corrected chi connectivity index (χ3v) is 3.50. The van der Waals surface area contributed by atoms with Gasteiger partial charge in [-0.3, -0.25) is 0 Å². The van der Waals surface area contributed by atoms with Gasteiger partial charge in [-0.25, -0.2) is 0 Å². The van der Waals surface area contributed by atoms with Gasteiger partial charge in [0.1, 0.15) is 0 Å². The van der Waals surface area contributed by atoms with Gasteiger partial charge in [0.2, 0.25) is 0 Å². The molecule has 0 unspecified atom stereocenters. The van der Waals surface area contributed by atoms with E-state index in [1.807, 2.05) is 18.2 Å². The highest BCUT2D eigenvalue weighted by atomic mass is 35.5. The second-order valence-electron chi connectivity index (χ2n) is 4.52. The van der Waals surface area contributed by atoms with Crippen molar-refractivity contribution < 1.29 is 4.74 Å². The predicted octanol–water partition coefficient (Wildman–Crippen LogP) is 3.63. The third-order valence-electron chi connectivity index (χ3n) is 3.16. The number of hydrogen-bond acceptors (Lipinski definition) is 2. The molecular weight excluding hydrogens is 222 g/mol. The van der Waals surface area contributed by atoms with Crippen LogP contribution in [-0.2, 0) is 11.3 Å². The molecule has 1 aliphatic carbocycles. The maximum Gasteiger partial charge on any atom is 0.0717 e. The van der Waals surface area contributed by atoms with Crippen LogP contribution < -0.4 is 5.73 Å². The summed E-state index contributed by atoms with van der Waals surface area (Å²) in [5.74, 6) is 0.768. The van der Waals surface area contributed by atoms with Crippen LogP contribution in [0.25, 0.3) is 0 Å². The van der Waals surface area contributed by atoms with Crippen LogP contribution in [0.5, 0.6) is 0 Å². The molecule has 1 aliphatic rings. The molecule has 0 aromatic heterocycles. The van der Waals surface area contributed by atoms with E-state index < -0.39 is 0 Å². The SMILES string of the molecule is Nc1cc(COCC2CCCC2)ccc1Cl. The van der Waals surface area contributed by atoms with E-state index in [-0.39, 0.29) is 0 Å². The molecule has 0 bridgehead atoms. The van der Waals surface area contributed by atoms with Crippen LogP contribution in [0.3, 0.4) is 0 Å². The number of hydrogen-bond donors (Lipinski definition) is 1. The first-order valence-corrected chi connectivity index (χ1v) is 6.25. The molecule has 1 fully saturated rings. The van der Waals surface area contributed by atoms with Crippen LogP contribution in [0, 0.1) is 5.92 Å². The average Bonchev–Trinajstić information content (AvgIpc) is 2.76. The smallest absolute Gasteiger partial charge is 0.0717 e. The summed E-state index contributed by atoms with van der Waals surface area (Å²) in [7, 11) is 0. The molecule has 2 rings (SSSR count). The molecule has 2 nitrogen and oxygen atoms in total. The van der Waals surface area contributed by atoms with Crippen molar-refractivity contribution in [1.82, 2.24) is 0 Å². The Morgan fingerprint density at radius 1 is 1.31 bits per heavy atom. The standard InChI is InChI=1S/C13H18ClNO/c14-12-6-5-11(7-13(12)15)9-16-8-10-3-1-2-4-10/h5-7,10H,1-4,8-9,15H2. The Labute approximate surface area is 102 Å². The summed E-state index contributed by atoms with van der Waals surface area (Å²) >= 11 is 5.85. The van der Waals surface area contributed by atoms with Crippen molar-refractivity contribution in [2.24, 2.45) is 5.92 Å². The van der Waals surface area contributed by atoms with Crippen LogP contribution in [0.1, 0.15) is 31.2 Å². The summed E-state index contributed by atoms with van der Waals surface area (Å²) in [6, 6.07) is 5.68. The Hall–Kier alpha value is -0.730. The summed E-state index contributed by atoms with van der Waals surface area (Å²) in [6.45, 7) is 1.51. The van der Waals surface area contributed by atoms with Gasteiger partial charge in [0.15, 0.2) is 0 Å². The van der Waals surface area contributed by atoms with E-state index in [0.717, 1.165) is 18.1 Å².